The number of amides is 1. The van der Waals surface area contributed by atoms with Crippen molar-refractivity contribution in [3.8, 4) is 11.6 Å². The Morgan fingerprint density at radius 3 is 2.79 bits per heavy atom. The van der Waals surface area contributed by atoms with Gasteiger partial charge in [0.15, 0.2) is 10.9 Å². The van der Waals surface area contributed by atoms with E-state index < -0.39 is 0 Å². The number of aromatic nitrogens is 3. The van der Waals surface area contributed by atoms with Crippen LogP contribution in [0.4, 0.5) is 5.69 Å². The van der Waals surface area contributed by atoms with E-state index in [1.807, 2.05) is 10.6 Å². The number of rotatable bonds is 7. The number of furan rings is 1. The number of thioether (sulfide) groups is 1. The maximum Gasteiger partial charge on any atom is 0.234 e. The van der Waals surface area contributed by atoms with Crippen molar-refractivity contribution in [2.75, 3.05) is 17.7 Å². The lowest BCUT2D eigenvalue weighted by Gasteiger charge is -2.14. The van der Waals surface area contributed by atoms with E-state index in [1.165, 1.54) is 11.8 Å². The third kappa shape index (κ3) is 5.14. The van der Waals surface area contributed by atoms with Crippen molar-refractivity contribution in [2.45, 2.75) is 30.6 Å². The Bertz CT molecular complexity index is 967. The van der Waals surface area contributed by atoms with E-state index in [1.54, 1.807) is 30.5 Å². The summed E-state index contributed by atoms with van der Waals surface area (Å²) in [5, 5.41) is 12.9. The average molecular weight is 453 g/mol. The summed E-state index contributed by atoms with van der Waals surface area (Å²) in [4.78, 5) is 12.4. The average Bonchev–Trinajstić information content (AvgIpc) is 3.42. The predicted molar refractivity (Wildman–Crippen MR) is 113 cm³/mol. The van der Waals surface area contributed by atoms with Gasteiger partial charge >= 0.3 is 0 Å². The van der Waals surface area contributed by atoms with Crippen LogP contribution in [0.25, 0.3) is 11.6 Å². The molecule has 3 aromatic rings. The van der Waals surface area contributed by atoms with Crippen LogP contribution in [-0.2, 0) is 16.1 Å². The SMILES string of the molecule is O=C(CSc1nnc(-c2ccco2)n1CC1CCCO1)Nc1cc(Cl)cc(Cl)c1. The van der Waals surface area contributed by atoms with Crippen LogP contribution < -0.4 is 5.32 Å². The number of hydrogen-bond acceptors (Lipinski definition) is 6. The highest BCUT2D eigenvalue weighted by atomic mass is 35.5. The normalized spacial score (nSPS) is 16.3. The summed E-state index contributed by atoms with van der Waals surface area (Å²) in [5.41, 5.74) is 0.546. The van der Waals surface area contributed by atoms with Crippen molar-refractivity contribution >= 4 is 46.6 Å². The predicted octanol–water partition coefficient (Wildman–Crippen LogP) is 4.75. The third-order valence-corrected chi connectivity index (χ3v) is 5.75. The Balaban J connectivity index is 1.46. The molecule has 0 bridgehead atoms. The van der Waals surface area contributed by atoms with Gasteiger partial charge in [-0.05, 0) is 43.2 Å². The fourth-order valence-corrected chi connectivity index (χ4v) is 4.37. The van der Waals surface area contributed by atoms with Crippen LogP contribution in [0.2, 0.25) is 10.0 Å². The van der Waals surface area contributed by atoms with Gasteiger partial charge in [-0.1, -0.05) is 35.0 Å². The van der Waals surface area contributed by atoms with Gasteiger partial charge in [0.05, 0.1) is 24.7 Å². The number of ether oxygens (including phenoxy) is 1. The molecular formula is C19H18Cl2N4O3S. The number of hydrogen-bond donors (Lipinski definition) is 1. The molecule has 0 spiro atoms. The molecular weight excluding hydrogens is 435 g/mol. The largest absolute Gasteiger partial charge is 0.461 e. The zero-order valence-electron chi connectivity index (χ0n) is 15.3. The number of carbonyl (C=O) groups excluding carboxylic acids is 1. The van der Waals surface area contributed by atoms with Gasteiger partial charge in [-0.15, -0.1) is 10.2 Å². The smallest absolute Gasteiger partial charge is 0.234 e. The first-order valence-corrected chi connectivity index (χ1v) is 10.8. The van der Waals surface area contributed by atoms with Gasteiger partial charge in [0, 0.05) is 22.3 Å². The number of halogens is 2. The minimum Gasteiger partial charge on any atom is -0.461 e. The summed E-state index contributed by atoms with van der Waals surface area (Å²) in [6, 6.07) is 8.53. The Hall–Kier alpha value is -2.00. The summed E-state index contributed by atoms with van der Waals surface area (Å²) < 4.78 is 13.2. The zero-order valence-corrected chi connectivity index (χ0v) is 17.6. The van der Waals surface area contributed by atoms with Crippen LogP contribution >= 0.6 is 35.0 Å². The van der Waals surface area contributed by atoms with E-state index in [2.05, 4.69) is 15.5 Å². The van der Waals surface area contributed by atoms with Crippen LogP contribution in [-0.4, -0.2) is 39.1 Å². The van der Waals surface area contributed by atoms with Gasteiger partial charge in [0.1, 0.15) is 0 Å². The number of benzene rings is 1. The number of carbonyl (C=O) groups is 1. The molecule has 1 atom stereocenters. The van der Waals surface area contributed by atoms with Crippen molar-refractivity contribution in [2.24, 2.45) is 0 Å². The van der Waals surface area contributed by atoms with Crippen LogP contribution in [0.15, 0.2) is 46.2 Å². The van der Waals surface area contributed by atoms with Gasteiger partial charge in [-0.25, -0.2) is 0 Å². The number of anilines is 1. The molecule has 1 aliphatic heterocycles. The molecule has 1 unspecified atom stereocenters. The van der Waals surface area contributed by atoms with Crippen LogP contribution in [0.1, 0.15) is 12.8 Å². The molecule has 1 saturated heterocycles. The van der Waals surface area contributed by atoms with Crippen molar-refractivity contribution in [3.63, 3.8) is 0 Å². The fraction of sp³-hybridized carbons (Fsp3) is 0.316. The Morgan fingerprint density at radius 1 is 1.28 bits per heavy atom. The number of nitrogens with one attached hydrogen (secondary N) is 1. The van der Waals surface area contributed by atoms with Crippen molar-refractivity contribution in [1.82, 2.24) is 14.8 Å². The molecule has 0 radical (unpaired) electrons. The molecule has 2 aromatic heterocycles. The lowest BCUT2D eigenvalue weighted by atomic mass is 10.2. The minimum absolute atomic E-state index is 0.0986. The summed E-state index contributed by atoms with van der Waals surface area (Å²) in [7, 11) is 0. The van der Waals surface area contributed by atoms with E-state index in [0.717, 1.165) is 19.4 Å². The number of nitrogens with zero attached hydrogens (tertiary/aromatic N) is 3. The van der Waals surface area contributed by atoms with Crippen LogP contribution in [0.3, 0.4) is 0 Å². The van der Waals surface area contributed by atoms with E-state index in [4.69, 9.17) is 32.4 Å². The molecule has 4 rings (SSSR count). The Morgan fingerprint density at radius 2 is 2.10 bits per heavy atom. The highest BCUT2D eigenvalue weighted by Crippen LogP contribution is 2.27. The first-order chi connectivity index (χ1) is 14.1. The van der Waals surface area contributed by atoms with Crippen molar-refractivity contribution < 1.29 is 13.9 Å². The monoisotopic (exact) mass is 452 g/mol. The Labute approximate surface area is 181 Å². The van der Waals surface area contributed by atoms with Crippen LogP contribution in [0.5, 0.6) is 0 Å². The molecule has 152 valence electrons. The molecule has 10 heteroatoms. The molecule has 0 saturated carbocycles. The summed E-state index contributed by atoms with van der Waals surface area (Å²) in [6.07, 6.45) is 3.71. The van der Waals surface area contributed by atoms with Crippen molar-refractivity contribution in [1.29, 1.82) is 0 Å². The molecule has 3 heterocycles. The standard InChI is InChI=1S/C19H18Cl2N4O3S/c20-12-7-13(21)9-14(8-12)22-17(26)11-29-19-24-23-18(16-4-2-6-28-16)25(19)10-15-3-1-5-27-15/h2,4,6-9,15H,1,3,5,10-11H2,(H,22,26). The fourth-order valence-electron chi connectivity index (χ4n) is 3.09. The van der Waals surface area contributed by atoms with E-state index in [9.17, 15) is 4.79 Å². The first kappa shape index (κ1) is 20.3. The van der Waals surface area contributed by atoms with Gasteiger partial charge in [-0.3, -0.25) is 9.36 Å². The van der Waals surface area contributed by atoms with Gasteiger partial charge in [0.2, 0.25) is 11.7 Å². The quantitative estimate of drug-likeness (QED) is 0.520. The molecule has 7 nitrogen and oxygen atoms in total. The topological polar surface area (TPSA) is 82.2 Å². The second-order valence-corrected chi connectivity index (χ2v) is 8.34. The molecule has 29 heavy (non-hydrogen) atoms. The van der Waals surface area contributed by atoms with E-state index in [0.29, 0.717) is 39.0 Å². The maximum atomic E-state index is 12.4. The summed E-state index contributed by atoms with van der Waals surface area (Å²) >= 11 is 13.3. The first-order valence-electron chi connectivity index (χ1n) is 9.06. The third-order valence-electron chi connectivity index (χ3n) is 4.35. The molecule has 1 aliphatic rings. The van der Waals surface area contributed by atoms with Gasteiger partial charge in [0.25, 0.3) is 0 Å². The zero-order chi connectivity index (χ0) is 20.2. The van der Waals surface area contributed by atoms with E-state index in [-0.39, 0.29) is 17.8 Å². The summed E-state index contributed by atoms with van der Waals surface area (Å²) in [5.74, 6) is 1.21. The van der Waals surface area contributed by atoms with Gasteiger partial charge in [-0.2, -0.15) is 0 Å². The van der Waals surface area contributed by atoms with Gasteiger partial charge < -0.3 is 14.5 Å². The highest BCUT2D eigenvalue weighted by molar-refractivity contribution is 7.99. The molecule has 1 aromatic carbocycles. The Kier molecular flexibility index (Phi) is 6.44. The second kappa shape index (κ2) is 9.21. The summed E-state index contributed by atoms with van der Waals surface area (Å²) in [6.45, 7) is 1.37. The lowest BCUT2D eigenvalue weighted by Crippen LogP contribution is -2.18. The molecule has 1 amide bonds. The maximum absolute atomic E-state index is 12.4. The second-order valence-electron chi connectivity index (χ2n) is 6.52. The van der Waals surface area contributed by atoms with E-state index >= 15 is 0 Å². The minimum atomic E-state index is -0.195. The van der Waals surface area contributed by atoms with Crippen LogP contribution in [0, 0.1) is 0 Å². The highest BCUT2D eigenvalue weighted by Gasteiger charge is 2.23. The molecule has 1 N–H and O–H groups in total. The molecule has 0 aliphatic carbocycles. The van der Waals surface area contributed by atoms with Crippen molar-refractivity contribution in [3.05, 3.63) is 46.6 Å². The lowest BCUT2D eigenvalue weighted by molar-refractivity contribution is -0.113. The molecule has 1 fully saturated rings.